The molecule has 2 aliphatic heterocycles. The van der Waals surface area contributed by atoms with Crippen LogP contribution in [0, 0.1) is 12.3 Å². The van der Waals surface area contributed by atoms with Gasteiger partial charge in [-0.05, 0) is 31.5 Å². The molecule has 2 saturated heterocycles. The van der Waals surface area contributed by atoms with Gasteiger partial charge in [0.2, 0.25) is 5.65 Å². The highest BCUT2D eigenvalue weighted by Crippen LogP contribution is 2.65. The highest BCUT2D eigenvalue weighted by molar-refractivity contribution is 6.33. The maximum atomic E-state index is 13.7. The first-order valence-corrected chi connectivity index (χ1v) is 11.7. The van der Waals surface area contributed by atoms with Crippen LogP contribution >= 0.6 is 11.6 Å². The van der Waals surface area contributed by atoms with Crippen LogP contribution in [0.15, 0.2) is 28.8 Å². The molecule has 0 bridgehead atoms. The Balaban J connectivity index is 1.11. The molecule has 8 nitrogen and oxygen atoms in total. The van der Waals surface area contributed by atoms with E-state index in [1.54, 1.807) is 15.9 Å². The topological polar surface area (TPSA) is 78.6 Å². The van der Waals surface area contributed by atoms with Crippen molar-refractivity contribution in [3.63, 3.8) is 0 Å². The fraction of sp³-hybridized carbons (Fsp3) is 0.478. The second-order valence-electron chi connectivity index (χ2n) is 9.41. The molecule has 0 aromatic carbocycles. The van der Waals surface area contributed by atoms with Gasteiger partial charge >= 0.3 is 0 Å². The Hall–Kier alpha value is -3.01. The van der Waals surface area contributed by atoms with Gasteiger partial charge in [-0.25, -0.2) is 18.7 Å². The van der Waals surface area contributed by atoms with Gasteiger partial charge < -0.3 is 19.1 Å². The fourth-order valence-electron chi connectivity index (χ4n) is 4.98. The van der Waals surface area contributed by atoms with Gasteiger partial charge in [0.15, 0.2) is 5.58 Å². The van der Waals surface area contributed by atoms with Crippen LogP contribution in [0.1, 0.15) is 28.9 Å². The van der Waals surface area contributed by atoms with E-state index >= 15 is 0 Å². The minimum absolute atomic E-state index is 0.0730. The molecule has 3 aromatic rings. The zero-order valence-electron chi connectivity index (χ0n) is 18.6. The highest BCUT2D eigenvalue weighted by Gasteiger charge is 2.72. The quantitative estimate of drug-likeness (QED) is 0.555. The summed E-state index contributed by atoms with van der Waals surface area (Å²) in [5, 5.41) is 0.305. The normalized spacial score (nSPS) is 23.8. The predicted octanol–water partition coefficient (Wildman–Crippen LogP) is 3.78. The number of piperazine rings is 1. The van der Waals surface area contributed by atoms with E-state index in [2.05, 4.69) is 15.0 Å². The molecular formula is C23H23ClF2N6O2. The molecule has 1 atom stereocenters. The van der Waals surface area contributed by atoms with Crippen LogP contribution in [-0.4, -0.2) is 71.0 Å². The molecule has 1 saturated carbocycles. The molecule has 3 aliphatic rings. The summed E-state index contributed by atoms with van der Waals surface area (Å²) in [6.45, 7) is 4.76. The number of nitrogens with zero attached hydrogens (tertiary/aromatic N) is 6. The number of aromatic nitrogens is 3. The molecule has 11 heteroatoms. The molecule has 178 valence electrons. The van der Waals surface area contributed by atoms with Crippen molar-refractivity contribution in [2.75, 3.05) is 49.1 Å². The van der Waals surface area contributed by atoms with Gasteiger partial charge in [-0.1, -0.05) is 11.6 Å². The third kappa shape index (κ3) is 3.46. The van der Waals surface area contributed by atoms with Crippen molar-refractivity contribution in [3.05, 3.63) is 40.7 Å². The summed E-state index contributed by atoms with van der Waals surface area (Å²) in [5.74, 6) is -2.30. The number of rotatable bonds is 3. The monoisotopic (exact) mass is 488 g/mol. The molecule has 6 rings (SSSR count). The third-order valence-corrected chi connectivity index (χ3v) is 7.43. The van der Waals surface area contributed by atoms with Crippen molar-refractivity contribution in [1.29, 1.82) is 0 Å². The minimum Gasteiger partial charge on any atom is -0.422 e. The second-order valence-corrected chi connectivity index (χ2v) is 9.82. The summed E-state index contributed by atoms with van der Waals surface area (Å²) in [4.78, 5) is 31.8. The Morgan fingerprint density at radius 1 is 1.12 bits per heavy atom. The Morgan fingerprint density at radius 3 is 2.56 bits per heavy atom. The van der Waals surface area contributed by atoms with E-state index in [4.69, 9.17) is 16.0 Å². The van der Waals surface area contributed by atoms with Crippen LogP contribution < -0.4 is 9.80 Å². The van der Waals surface area contributed by atoms with Gasteiger partial charge in [0.05, 0.1) is 16.0 Å². The van der Waals surface area contributed by atoms with Gasteiger partial charge in [-0.15, -0.1) is 0 Å². The van der Waals surface area contributed by atoms with Crippen molar-refractivity contribution in [2.45, 2.75) is 25.7 Å². The number of halogens is 3. The van der Waals surface area contributed by atoms with Crippen LogP contribution in [0.3, 0.4) is 0 Å². The summed E-state index contributed by atoms with van der Waals surface area (Å²) < 4.78 is 33.3. The molecule has 1 amide bonds. The number of fused-ring (bicyclic) bond motifs is 1. The van der Waals surface area contributed by atoms with Gasteiger partial charge in [-0.2, -0.15) is 4.98 Å². The van der Waals surface area contributed by atoms with Crippen molar-refractivity contribution >= 4 is 40.6 Å². The van der Waals surface area contributed by atoms with E-state index in [1.807, 2.05) is 24.0 Å². The number of pyridine rings is 2. The Kier molecular flexibility index (Phi) is 4.74. The minimum atomic E-state index is -2.60. The van der Waals surface area contributed by atoms with Crippen LogP contribution in [-0.2, 0) is 0 Å². The first-order chi connectivity index (χ1) is 16.2. The molecule has 0 N–H and O–H groups in total. The number of hydrogen-bond donors (Lipinski definition) is 0. The van der Waals surface area contributed by atoms with E-state index in [0.717, 1.165) is 5.69 Å². The van der Waals surface area contributed by atoms with Crippen LogP contribution in [0.5, 0.6) is 0 Å². The predicted molar refractivity (Wildman–Crippen MR) is 123 cm³/mol. The van der Waals surface area contributed by atoms with Crippen LogP contribution in [0.25, 0.3) is 11.2 Å². The number of carbonyl (C=O) groups excluding carboxylic acids is 1. The lowest BCUT2D eigenvalue weighted by molar-refractivity contribution is 0.0710. The van der Waals surface area contributed by atoms with Crippen molar-refractivity contribution in [3.8, 4) is 0 Å². The molecule has 1 unspecified atom stereocenters. The summed E-state index contributed by atoms with van der Waals surface area (Å²) in [5.41, 5.74) is 1.53. The molecule has 0 radical (unpaired) electrons. The molecule has 3 aromatic heterocycles. The number of hydrogen-bond acceptors (Lipinski definition) is 7. The van der Waals surface area contributed by atoms with Gasteiger partial charge in [0, 0.05) is 57.6 Å². The highest BCUT2D eigenvalue weighted by atomic mass is 35.5. The van der Waals surface area contributed by atoms with Crippen molar-refractivity contribution < 1.29 is 18.0 Å². The lowest BCUT2D eigenvalue weighted by atomic mass is 10.1. The Labute approximate surface area is 199 Å². The van der Waals surface area contributed by atoms with Crippen molar-refractivity contribution in [2.24, 2.45) is 5.41 Å². The largest absolute Gasteiger partial charge is 0.422 e. The third-order valence-electron chi connectivity index (χ3n) is 7.15. The molecule has 34 heavy (non-hydrogen) atoms. The summed E-state index contributed by atoms with van der Waals surface area (Å²) in [6, 6.07) is 5.82. The van der Waals surface area contributed by atoms with Crippen molar-refractivity contribution in [1.82, 2.24) is 19.9 Å². The summed E-state index contributed by atoms with van der Waals surface area (Å²) in [6.07, 6.45) is 1.84. The van der Waals surface area contributed by atoms with Gasteiger partial charge in [0.25, 0.3) is 17.8 Å². The number of oxazole rings is 1. The Morgan fingerprint density at radius 2 is 1.88 bits per heavy atom. The molecule has 1 aliphatic carbocycles. The second kappa shape index (κ2) is 7.49. The molecule has 3 fully saturated rings. The van der Waals surface area contributed by atoms with E-state index in [9.17, 15) is 13.6 Å². The smallest absolute Gasteiger partial charge is 0.300 e. The summed E-state index contributed by atoms with van der Waals surface area (Å²) >= 11 is 6.43. The molecule has 5 heterocycles. The zero-order valence-corrected chi connectivity index (χ0v) is 19.4. The lowest BCUT2D eigenvalue weighted by Gasteiger charge is -2.33. The molecular weight excluding hydrogens is 466 g/mol. The average Bonchev–Trinajstić information content (AvgIpc) is 3.17. The standard InChI is InChI=1S/C23H23ClF2N6O2/c1-14-2-3-17-18(28-14)29-21(34-17)31-8-6-30(7-9-31)20(33)15-10-16(24)19(27-11-15)32-5-4-22(13-32)12-23(22,25)26/h2-3,10-11H,4-9,12-13H2,1H3. The number of aryl methyl sites for hydroxylation is 1. The van der Waals surface area contributed by atoms with E-state index < -0.39 is 11.3 Å². The van der Waals surface area contributed by atoms with Gasteiger partial charge in [-0.3, -0.25) is 4.79 Å². The fourth-order valence-corrected chi connectivity index (χ4v) is 5.26. The Bertz CT molecular complexity index is 1290. The van der Waals surface area contributed by atoms with Gasteiger partial charge in [0.1, 0.15) is 5.82 Å². The first kappa shape index (κ1) is 21.5. The SMILES string of the molecule is Cc1ccc2oc(N3CCN(C(=O)c4cnc(N5CCC6(C5)CC6(F)F)c(Cl)c4)CC3)nc2n1. The summed E-state index contributed by atoms with van der Waals surface area (Å²) in [7, 11) is 0. The molecule has 1 spiro atoms. The van der Waals surface area contributed by atoms with E-state index in [-0.39, 0.29) is 18.9 Å². The first-order valence-electron chi connectivity index (χ1n) is 11.3. The van der Waals surface area contributed by atoms with Crippen LogP contribution in [0.2, 0.25) is 5.02 Å². The number of carbonyl (C=O) groups is 1. The van der Waals surface area contributed by atoms with E-state index in [1.165, 1.54) is 6.20 Å². The number of amides is 1. The van der Waals surface area contributed by atoms with E-state index in [0.29, 0.717) is 72.8 Å². The average molecular weight is 489 g/mol. The zero-order chi connectivity index (χ0) is 23.7. The maximum absolute atomic E-state index is 13.7. The number of alkyl halides is 2. The maximum Gasteiger partial charge on any atom is 0.300 e. The number of anilines is 2. The lowest BCUT2D eigenvalue weighted by Crippen LogP contribution is -2.49. The van der Waals surface area contributed by atoms with Crippen LogP contribution in [0.4, 0.5) is 20.6 Å².